The summed E-state index contributed by atoms with van der Waals surface area (Å²) in [5.74, 6) is 0.507. The largest absolute Gasteiger partial charge is 0.369 e. The number of piperazine rings is 1. The standard InChI is InChI=1S/C27H32N6OS/c1-4-12-33-25-22(18-23(26(33)34)24-7-6-17-35-24)19(3)28-27(30-25)29-20-8-10-21(11-9-20)32-15-13-31(5-2)14-16-32/h6-11,17-18H,4-5,12-16H2,1-3H3,(H,28,29,30). The maximum absolute atomic E-state index is 13.4. The number of rotatable bonds is 7. The number of nitrogens with one attached hydrogen (secondary N) is 1. The summed E-state index contributed by atoms with van der Waals surface area (Å²) in [6.45, 7) is 12.3. The van der Waals surface area contributed by atoms with Crippen LogP contribution in [0.5, 0.6) is 0 Å². The van der Waals surface area contributed by atoms with Crippen LogP contribution in [0.4, 0.5) is 17.3 Å². The Morgan fingerprint density at radius 1 is 1.03 bits per heavy atom. The average molecular weight is 489 g/mol. The third-order valence-corrected chi connectivity index (χ3v) is 7.58. The highest BCUT2D eigenvalue weighted by Gasteiger charge is 2.17. The van der Waals surface area contributed by atoms with Gasteiger partial charge >= 0.3 is 0 Å². The summed E-state index contributed by atoms with van der Waals surface area (Å²) in [7, 11) is 0. The van der Waals surface area contributed by atoms with E-state index in [-0.39, 0.29) is 5.56 Å². The van der Waals surface area contributed by atoms with Crippen molar-refractivity contribution in [3.63, 3.8) is 0 Å². The van der Waals surface area contributed by atoms with Crippen molar-refractivity contribution in [3.05, 3.63) is 63.9 Å². The van der Waals surface area contributed by atoms with Gasteiger partial charge in [-0.3, -0.25) is 9.36 Å². The fraction of sp³-hybridized carbons (Fsp3) is 0.370. The fourth-order valence-corrected chi connectivity index (χ4v) is 5.43. The van der Waals surface area contributed by atoms with Gasteiger partial charge in [0.25, 0.3) is 5.56 Å². The third-order valence-electron chi connectivity index (χ3n) is 6.68. The lowest BCUT2D eigenvalue weighted by atomic mass is 10.1. The van der Waals surface area contributed by atoms with Crippen LogP contribution < -0.4 is 15.8 Å². The van der Waals surface area contributed by atoms with Gasteiger partial charge in [-0.25, -0.2) is 4.98 Å². The van der Waals surface area contributed by atoms with E-state index in [2.05, 4.69) is 53.2 Å². The number of fused-ring (bicyclic) bond motifs is 1. The normalized spacial score (nSPS) is 14.5. The van der Waals surface area contributed by atoms with Crippen LogP contribution in [0.3, 0.4) is 0 Å². The number of aryl methyl sites for hydroxylation is 2. The summed E-state index contributed by atoms with van der Waals surface area (Å²) < 4.78 is 1.79. The summed E-state index contributed by atoms with van der Waals surface area (Å²) >= 11 is 1.58. The van der Waals surface area contributed by atoms with E-state index < -0.39 is 0 Å². The number of thiophene rings is 1. The fourth-order valence-electron chi connectivity index (χ4n) is 4.69. The highest BCUT2D eigenvalue weighted by atomic mass is 32.1. The number of likely N-dealkylation sites (N-methyl/N-ethyl adjacent to an activating group) is 1. The van der Waals surface area contributed by atoms with Crippen LogP contribution in [0.25, 0.3) is 21.5 Å². The summed E-state index contributed by atoms with van der Waals surface area (Å²) in [6, 6.07) is 14.4. The van der Waals surface area contributed by atoms with Crippen LogP contribution >= 0.6 is 11.3 Å². The van der Waals surface area contributed by atoms with E-state index in [1.54, 1.807) is 15.9 Å². The molecule has 1 aliphatic rings. The van der Waals surface area contributed by atoms with E-state index in [0.29, 0.717) is 23.7 Å². The molecule has 0 unspecified atom stereocenters. The molecule has 4 heterocycles. The minimum atomic E-state index is -0.00151. The van der Waals surface area contributed by atoms with Gasteiger partial charge in [-0.15, -0.1) is 11.3 Å². The van der Waals surface area contributed by atoms with Gasteiger partial charge in [-0.2, -0.15) is 4.98 Å². The maximum Gasteiger partial charge on any atom is 0.260 e. The second-order valence-corrected chi connectivity index (χ2v) is 9.90. The molecule has 3 aromatic heterocycles. The van der Waals surface area contributed by atoms with Gasteiger partial charge < -0.3 is 15.1 Å². The van der Waals surface area contributed by atoms with Crippen LogP contribution in [-0.4, -0.2) is 52.2 Å². The molecule has 4 aromatic rings. The van der Waals surface area contributed by atoms with Crippen molar-refractivity contribution >= 4 is 39.7 Å². The van der Waals surface area contributed by atoms with Crippen molar-refractivity contribution < 1.29 is 0 Å². The molecule has 0 atom stereocenters. The molecule has 0 aliphatic carbocycles. The zero-order valence-corrected chi connectivity index (χ0v) is 21.4. The second kappa shape index (κ2) is 10.2. The Labute approximate surface area is 210 Å². The first-order valence-corrected chi connectivity index (χ1v) is 13.3. The molecule has 1 aromatic carbocycles. The molecule has 0 bridgehead atoms. The van der Waals surface area contributed by atoms with Gasteiger partial charge in [0, 0.05) is 54.4 Å². The van der Waals surface area contributed by atoms with Gasteiger partial charge in [0.2, 0.25) is 5.95 Å². The van der Waals surface area contributed by atoms with Crippen LogP contribution in [-0.2, 0) is 6.54 Å². The number of nitrogens with zero attached hydrogens (tertiary/aromatic N) is 5. The van der Waals surface area contributed by atoms with Crippen LogP contribution in [0.1, 0.15) is 26.0 Å². The van der Waals surface area contributed by atoms with E-state index in [1.807, 2.05) is 30.5 Å². The topological polar surface area (TPSA) is 66.3 Å². The van der Waals surface area contributed by atoms with E-state index in [1.165, 1.54) is 5.69 Å². The Balaban J connectivity index is 1.44. The van der Waals surface area contributed by atoms with Crippen molar-refractivity contribution in [1.29, 1.82) is 0 Å². The number of anilines is 3. The van der Waals surface area contributed by atoms with Crippen molar-refractivity contribution in [1.82, 2.24) is 19.4 Å². The number of pyridine rings is 1. The average Bonchev–Trinajstić information content (AvgIpc) is 3.41. The van der Waals surface area contributed by atoms with Gasteiger partial charge in [-0.1, -0.05) is 19.9 Å². The van der Waals surface area contributed by atoms with E-state index in [4.69, 9.17) is 9.97 Å². The lowest BCUT2D eigenvalue weighted by Gasteiger charge is -2.35. The maximum atomic E-state index is 13.4. The number of hydrogen-bond donors (Lipinski definition) is 1. The van der Waals surface area contributed by atoms with Gasteiger partial charge in [0.05, 0.1) is 11.3 Å². The molecule has 8 heteroatoms. The Kier molecular flexibility index (Phi) is 6.83. The Morgan fingerprint density at radius 3 is 2.46 bits per heavy atom. The molecule has 35 heavy (non-hydrogen) atoms. The molecule has 1 N–H and O–H groups in total. The summed E-state index contributed by atoms with van der Waals surface area (Å²) in [5.41, 5.74) is 4.41. The lowest BCUT2D eigenvalue weighted by Crippen LogP contribution is -2.46. The van der Waals surface area contributed by atoms with Gasteiger partial charge in [0.1, 0.15) is 5.65 Å². The Morgan fingerprint density at radius 2 is 1.80 bits per heavy atom. The summed E-state index contributed by atoms with van der Waals surface area (Å²) in [4.78, 5) is 28.8. The molecule has 5 rings (SSSR count). The molecule has 182 valence electrons. The Bertz CT molecular complexity index is 1360. The minimum absolute atomic E-state index is 0.00151. The van der Waals surface area contributed by atoms with Crippen LogP contribution in [0.2, 0.25) is 0 Å². The second-order valence-electron chi connectivity index (χ2n) is 8.96. The van der Waals surface area contributed by atoms with Crippen molar-refractivity contribution in [3.8, 4) is 10.4 Å². The zero-order valence-electron chi connectivity index (χ0n) is 20.6. The van der Waals surface area contributed by atoms with Crippen LogP contribution in [0, 0.1) is 6.92 Å². The summed E-state index contributed by atoms with van der Waals surface area (Å²) in [6.07, 6.45) is 0.850. The highest BCUT2D eigenvalue weighted by molar-refractivity contribution is 7.13. The number of benzene rings is 1. The molecule has 0 amide bonds. The highest BCUT2D eigenvalue weighted by Crippen LogP contribution is 2.27. The molecule has 0 spiro atoms. The van der Waals surface area contributed by atoms with Crippen LogP contribution in [0.15, 0.2) is 52.6 Å². The van der Waals surface area contributed by atoms with Gasteiger partial charge in [0.15, 0.2) is 0 Å². The molecule has 0 radical (unpaired) electrons. The molecule has 1 fully saturated rings. The minimum Gasteiger partial charge on any atom is -0.369 e. The molecular weight excluding hydrogens is 456 g/mol. The molecule has 1 aliphatic heterocycles. The first kappa shape index (κ1) is 23.5. The van der Waals surface area contributed by atoms with Crippen molar-refractivity contribution in [2.45, 2.75) is 33.7 Å². The van der Waals surface area contributed by atoms with Gasteiger partial charge in [-0.05, 0) is 61.7 Å². The Hall–Kier alpha value is -3.23. The molecule has 1 saturated heterocycles. The SMILES string of the molecule is CCCn1c(=O)c(-c2cccs2)cc2c(C)nc(Nc3ccc(N4CCN(CC)CC4)cc3)nc21. The first-order valence-electron chi connectivity index (χ1n) is 12.4. The van der Waals surface area contributed by atoms with E-state index in [9.17, 15) is 4.79 Å². The predicted molar refractivity (Wildman–Crippen MR) is 146 cm³/mol. The first-order chi connectivity index (χ1) is 17.1. The number of hydrogen-bond acceptors (Lipinski definition) is 7. The monoisotopic (exact) mass is 488 g/mol. The zero-order chi connectivity index (χ0) is 24.4. The predicted octanol–water partition coefficient (Wildman–Crippen LogP) is 5.12. The summed E-state index contributed by atoms with van der Waals surface area (Å²) in [5, 5.41) is 6.26. The molecular formula is C27H32N6OS. The van der Waals surface area contributed by atoms with Crippen molar-refractivity contribution in [2.75, 3.05) is 42.9 Å². The van der Waals surface area contributed by atoms with Crippen molar-refractivity contribution in [2.24, 2.45) is 0 Å². The molecule has 0 saturated carbocycles. The molecule has 7 nitrogen and oxygen atoms in total. The van der Waals surface area contributed by atoms with E-state index in [0.717, 1.165) is 60.8 Å². The van der Waals surface area contributed by atoms with E-state index >= 15 is 0 Å². The number of aromatic nitrogens is 3. The lowest BCUT2D eigenvalue weighted by molar-refractivity contribution is 0.271. The third kappa shape index (κ3) is 4.81. The smallest absolute Gasteiger partial charge is 0.260 e. The quantitative estimate of drug-likeness (QED) is 0.389.